The Morgan fingerprint density at radius 1 is 1.09 bits per heavy atom. The van der Waals surface area contributed by atoms with E-state index >= 15 is 0 Å². The van der Waals surface area contributed by atoms with Crippen molar-refractivity contribution >= 4 is 27.7 Å². The topological polar surface area (TPSA) is 86.9 Å². The van der Waals surface area contributed by atoms with Gasteiger partial charge >= 0.3 is 0 Å². The van der Waals surface area contributed by atoms with Crippen molar-refractivity contribution in [1.82, 2.24) is 21.0 Å². The molecule has 3 N–H and O–H groups in total. The summed E-state index contributed by atoms with van der Waals surface area (Å²) in [6.07, 6.45) is 0. The first kappa shape index (κ1) is 16.2. The van der Waals surface area contributed by atoms with Gasteiger partial charge in [-0.05, 0) is 30.3 Å². The normalized spacial score (nSPS) is 11.1. The Balaban J connectivity index is 1.96. The molecule has 0 radical (unpaired) electrons. The molecule has 7 heteroatoms. The maximum absolute atomic E-state index is 12.0. The number of aromatic nitrogens is 2. The van der Waals surface area contributed by atoms with Crippen LogP contribution in [0.25, 0.3) is 0 Å². The van der Waals surface area contributed by atoms with Crippen molar-refractivity contribution in [2.75, 3.05) is 0 Å². The molecule has 0 unspecified atom stereocenters. The summed E-state index contributed by atoms with van der Waals surface area (Å²) in [4.78, 5) is 23.8. The largest absolute Gasteiger partial charge is 0.290 e. The number of nitrogens with one attached hydrogen (secondary N) is 3. The third kappa shape index (κ3) is 3.94. The molecule has 0 aliphatic carbocycles. The highest BCUT2D eigenvalue weighted by molar-refractivity contribution is 9.10. The van der Waals surface area contributed by atoms with Gasteiger partial charge in [0, 0.05) is 21.1 Å². The molecule has 6 nitrogen and oxygen atoms in total. The van der Waals surface area contributed by atoms with Crippen LogP contribution in [0.3, 0.4) is 0 Å². The average Bonchev–Trinajstić information content (AvgIpc) is 2.95. The minimum absolute atomic E-state index is 0.133. The second kappa shape index (κ2) is 6.31. The fourth-order valence-electron chi connectivity index (χ4n) is 1.67. The Bertz CT molecular complexity index is 686. The van der Waals surface area contributed by atoms with Gasteiger partial charge < -0.3 is 0 Å². The Kier molecular flexibility index (Phi) is 4.65. The number of nitrogens with zero attached hydrogens (tertiary/aromatic N) is 1. The summed E-state index contributed by atoms with van der Waals surface area (Å²) in [5, 5.41) is 6.77. The highest BCUT2D eigenvalue weighted by atomic mass is 79.9. The molecular weight excluding hydrogens is 348 g/mol. The van der Waals surface area contributed by atoms with Crippen molar-refractivity contribution in [3.05, 3.63) is 51.8 Å². The van der Waals surface area contributed by atoms with Crippen LogP contribution in [0.15, 0.2) is 34.8 Å². The molecule has 0 aliphatic heterocycles. The van der Waals surface area contributed by atoms with Crippen LogP contribution in [0.2, 0.25) is 0 Å². The van der Waals surface area contributed by atoms with Gasteiger partial charge in [0.2, 0.25) is 0 Å². The molecule has 1 aromatic heterocycles. The van der Waals surface area contributed by atoms with Crippen LogP contribution in [0.5, 0.6) is 0 Å². The lowest BCUT2D eigenvalue weighted by atomic mass is 9.92. The molecule has 2 amide bonds. The lowest BCUT2D eigenvalue weighted by Crippen LogP contribution is -2.41. The van der Waals surface area contributed by atoms with E-state index in [9.17, 15) is 9.59 Å². The van der Waals surface area contributed by atoms with Crippen molar-refractivity contribution < 1.29 is 9.59 Å². The molecule has 116 valence electrons. The minimum atomic E-state index is -0.475. The number of carbonyl (C=O) groups excluding carboxylic acids is 2. The van der Waals surface area contributed by atoms with Gasteiger partial charge in [0.05, 0.1) is 0 Å². The van der Waals surface area contributed by atoms with Crippen molar-refractivity contribution in [3.63, 3.8) is 0 Å². The van der Waals surface area contributed by atoms with E-state index in [0.29, 0.717) is 5.56 Å². The fourth-order valence-corrected chi connectivity index (χ4v) is 1.94. The summed E-state index contributed by atoms with van der Waals surface area (Å²) in [5.41, 5.74) is 6.08. The van der Waals surface area contributed by atoms with Crippen LogP contribution in [-0.2, 0) is 5.41 Å². The van der Waals surface area contributed by atoms with Crippen LogP contribution in [0, 0.1) is 0 Å². The van der Waals surface area contributed by atoms with Crippen molar-refractivity contribution in [2.45, 2.75) is 26.2 Å². The Hall–Kier alpha value is -2.15. The van der Waals surface area contributed by atoms with Crippen LogP contribution in [-0.4, -0.2) is 22.0 Å². The number of rotatable bonds is 2. The summed E-state index contributed by atoms with van der Waals surface area (Å²) in [6.45, 7) is 6.03. The number of carbonyl (C=O) groups is 2. The molecule has 0 bridgehead atoms. The molecule has 2 aromatic rings. The summed E-state index contributed by atoms with van der Waals surface area (Å²) in [7, 11) is 0. The third-order valence-corrected chi connectivity index (χ3v) is 3.54. The summed E-state index contributed by atoms with van der Waals surface area (Å²) < 4.78 is 0.874. The van der Waals surface area contributed by atoms with Gasteiger partial charge in [0.1, 0.15) is 0 Å². The number of benzene rings is 1. The van der Waals surface area contributed by atoms with E-state index < -0.39 is 11.8 Å². The molecule has 0 fully saturated rings. The van der Waals surface area contributed by atoms with Crippen LogP contribution >= 0.6 is 15.9 Å². The first-order valence-electron chi connectivity index (χ1n) is 6.69. The predicted octanol–water partition coefficient (Wildman–Crippen LogP) is 2.54. The van der Waals surface area contributed by atoms with E-state index in [2.05, 4.69) is 37.0 Å². The Morgan fingerprint density at radius 2 is 1.68 bits per heavy atom. The van der Waals surface area contributed by atoms with E-state index in [1.54, 1.807) is 30.3 Å². The second-order valence-electron chi connectivity index (χ2n) is 5.83. The molecule has 1 heterocycles. The predicted molar refractivity (Wildman–Crippen MR) is 86.4 cm³/mol. The van der Waals surface area contributed by atoms with Gasteiger partial charge in [-0.2, -0.15) is 5.10 Å². The van der Waals surface area contributed by atoms with Gasteiger partial charge in [-0.3, -0.25) is 25.5 Å². The zero-order valence-electron chi connectivity index (χ0n) is 12.5. The number of hydrogen-bond acceptors (Lipinski definition) is 3. The summed E-state index contributed by atoms with van der Waals surface area (Å²) >= 11 is 3.29. The fraction of sp³-hybridized carbons (Fsp3) is 0.267. The number of H-pyrrole nitrogens is 1. The molecule has 1 aromatic carbocycles. The summed E-state index contributed by atoms with van der Waals surface area (Å²) in [6, 6.07) is 8.47. The van der Waals surface area contributed by atoms with E-state index in [0.717, 1.165) is 10.2 Å². The maximum Gasteiger partial charge on any atom is 0.290 e. The Labute approximate surface area is 136 Å². The molecular formula is C15H17BrN4O2. The average molecular weight is 365 g/mol. The monoisotopic (exact) mass is 364 g/mol. The van der Waals surface area contributed by atoms with Gasteiger partial charge in [-0.25, -0.2) is 0 Å². The van der Waals surface area contributed by atoms with E-state index in [4.69, 9.17) is 0 Å². The van der Waals surface area contributed by atoms with Gasteiger partial charge in [0.25, 0.3) is 11.8 Å². The molecule has 0 aliphatic rings. The number of hydrogen-bond donors (Lipinski definition) is 3. The number of hydrazine groups is 1. The molecule has 0 saturated carbocycles. The van der Waals surface area contributed by atoms with Crippen LogP contribution in [0.4, 0.5) is 0 Å². The lowest BCUT2D eigenvalue weighted by molar-refractivity contribution is 0.0844. The highest BCUT2D eigenvalue weighted by Gasteiger charge is 2.19. The van der Waals surface area contributed by atoms with E-state index in [-0.39, 0.29) is 11.1 Å². The van der Waals surface area contributed by atoms with Gasteiger partial charge in [-0.15, -0.1) is 0 Å². The second-order valence-corrected chi connectivity index (χ2v) is 6.75. The van der Waals surface area contributed by atoms with E-state index in [1.165, 1.54) is 0 Å². The molecule has 0 atom stereocenters. The van der Waals surface area contributed by atoms with Gasteiger partial charge in [-0.1, -0.05) is 36.7 Å². The molecule has 22 heavy (non-hydrogen) atoms. The number of halogens is 1. The quantitative estimate of drug-likeness (QED) is 0.715. The minimum Gasteiger partial charge on any atom is -0.281 e. The first-order valence-corrected chi connectivity index (χ1v) is 7.49. The highest BCUT2D eigenvalue weighted by Crippen LogP contribution is 2.20. The molecule has 2 rings (SSSR count). The number of aromatic amines is 1. The summed E-state index contributed by atoms with van der Waals surface area (Å²) in [5.74, 6) is -0.871. The lowest BCUT2D eigenvalue weighted by Gasteiger charge is -2.14. The van der Waals surface area contributed by atoms with Crippen molar-refractivity contribution in [3.8, 4) is 0 Å². The van der Waals surface area contributed by atoms with Crippen molar-refractivity contribution in [2.24, 2.45) is 0 Å². The number of amides is 2. The zero-order chi connectivity index (χ0) is 16.3. The first-order chi connectivity index (χ1) is 10.3. The van der Waals surface area contributed by atoms with E-state index in [1.807, 2.05) is 20.8 Å². The smallest absolute Gasteiger partial charge is 0.281 e. The standard InChI is InChI=1S/C15H17BrN4O2/c1-15(2,3)12-8-11(17-18-12)14(22)20-19-13(21)9-4-6-10(16)7-5-9/h4-8H,1-3H3,(H,17,18)(H,19,21)(H,20,22). The Morgan fingerprint density at radius 3 is 2.23 bits per heavy atom. The SMILES string of the molecule is CC(C)(C)c1cc(C(=O)NNC(=O)c2ccc(Br)cc2)n[nH]1. The molecule has 0 saturated heterocycles. The third-order valence-electron chi connectivity index (χ3n) is 3.01. The zero-order valence-corrected chi connectivity index (χ0v) is 14.1. The van der Waals surface area contributed by atoms with Crippen molar-refractivity contribution in [1.29, 1.82) is 0 Å². The maximum atomic E-state index is 12.0. The van der Waals surface area contributed by atoms with Gasteiger partial charge in [0.15, 0.2) is 5.69 Å². The van der Waals surface area contributed by atoms with Crippen LogP contribution in [0.1, 0.15) is 47.3 Å². The molecule has 0 spiro atoms. The van der Waals surface area contributed by atoms with Crippen LogP contribution < -0.4 is 10.9 Å².